The van der Waals surface area contributed by atoms with Crippen molar-refractivity contribution in [3.8, 4) is 32.0 Å². The van der Waals surface area contributed by atoms with Crippen LogP contribution in [0.15, 0.2) is 78.9 Å². The highest BCUT2D eigenvalue weighted by Crippen LogP contribution is 2.52. The second kappa shape index (κ2) is 5.94. The Balaban J connectivity index is 1.84. The minimum absolute atomic E-state index is 0.117. The van der Waals surface area contributed by atoms with Crippen molar-refractivity contribution in [2.45, 2.75) is 0 Å². The number of carbonyl (C=O) groups excluding carboxylic acids is 1. The molecule has 26 heavy (non-hydrogen) atoms. The largest absolute Gasteiger partial charge is 0.289 e. The highest BCUT2D eigenvalue weighted by molar-refractivity contribution is 7.20. The fraction of sp³-hybridized carbons (Fsp3) is 0. The van der Waals surface area contributed by atoms with Crippen LogP contribution in [0.4, 0.5) is 0 Å². The summed E-state index contributed by atoms with van der Waals surface area (Å²) in [5.41, 5.74) is 5.86. The number of ketones is 1. The van der Waals surface area contributed by atoms with E-state index in [4.69, 9.17) is 11.6 Å². The van der Waals surface area contributed by atoms with Gasteiger partial charge in [0.1, 0.15) is 0 Å². The first-order valence-electron chi connectivity index (χ1n) is 8.36. The molecule has 5 rings (SSSR count). The number of halogens is 1. The van der Waals surface area contributed by atoms with Gasteiger partial charge in [-0.25, -0.2) is 0 Å². The van der Waals surface area contributed by atoms with Gasteiger partial charge in [0.25, 0.3) is 0 Å². The topological polar surface area (TPSA) is 17.1 Å². The number of thiophene rings is 1. The van der Waals surface area contributed by atoms with Crippen molar-refractivity contribution >= 4 is 28.7 Å². The molecule has 1 aliphatic carbocycles. The second-order valence-corrected chi connectivity index (χ2v) is 7.71. The molecule has 4 aromatic rings. The summed E-state index contributed by atoms with van der Waals surface area (Å²) in [5, 5.41) is 0.710. The lowest BCUT2D eigenvalue weighted by Gasteiger charge is -2.04. The molecule has 1 heterocycles. The van der Waals surface area contributed by atoms with Crippen LogP contribution in [0.1, 0.15) is 15.9 Å². The first-order chi connectivity index (χ1) is 12.7. The molecule has 0 N–H and O–H groups in total. The van der Waals surface area contributed by atoms with Crippen LogP contribution < -0.4 is 0 Å². The summed E-state index contributed by atoms with van der Waals surface area (Å²) >= 11 is 7.75. The Morgan fingerprint density at radius 1 is 0.615 bits per heavy atom. The van der Waals surface area contributed by atoms with Crippen LogP contribution >= 0.6 is 22.9 Å². The summed E-state index contributed by atoms with van der Waals surface area (Å²) in [4.78, 5) is 15.3. The van der Waals surface area contributed by atoms with Gasteiger partial charge in [-0.2, -0.15) is 0 Å². The van der Waals surface area contributed by atoms with E-state index in [1.54, 1.807) is 11.3 Å². The van der Waals surface area contributed by atoms with Crippen molar-refractivity contribution in [3.05, 3.63) is 95.0 Å². The van der Waals surface area contributed by atoms with Crippen molar-refractivity contribution in [2.24, 2.45) is 0 Å². The van der Waals surface area contributed by atoms with Crippen molar-refractivity contribution in [1.82, 2.24) is 0 Å². The van der Waals surface area contributed by atoms with Crippen LogP contribution in [0.5, 0.6) is 0 Å². The van der Waals surface area contributed by atoms with Crippen LogP contribution in [0.25, 0.3) is 32.0 Å². The van der Waals surface area contributed by atoms with E-state index >= 15 is 0 Å². The Morgan fingerprint density at radius 3 is 1.92 bits per heavy atom. The Kier molecular flexibility index (Phi) is 3.56. The SMILES string of the molecule is O=C1c2ccccc2-c2c(-c3ccc(Cl)cc3)sc(-c3ccccc3)c21. The molecule has 0 saturated heterocycles. The summed E-state index contributed by atoms with van der Waals surface area (Å²) in [6.45, 7) is 0. The number of carbonyl (C=O) groups is 1. The van der Waals surface area contributed by atoms with Crippen LogP contribution in [0.2, 0.25) is 5.02 Å². The van der Waals surface area contributed by atoms with E-state index in [2.05, 4.69) is 12.1 Å². The Hall–Kier alpha value is -2.68. The average Bonchev–Trinajstić information content (AvgIpc) is 3.21. The molecule has 3 aromatic carbocycles. The molecule has 1 nitrogen and oxygen atoms in total. The second-order valence-electron chi connectivity index (χ2n) is 6.26. The van der Waals surface area contributed by atoms with Gasteiger partial charge in [0, 0.05) is 31.5 Å². The number of benzene rings is 3. The van der Waals surface area contributed by atoms with Crippen LogP contribution in [0, 0.1) is 0 Å². The lowest BCUT2D eigenvalue weighted by atomic mass is 10.0. The van der Waals surface area contributed by atoms with Crippen molar-refractivity contribution < 1.29 is 4.79 Å². The molecular formula is C23H13ClOS. The molecular weight excluding hydrogens is 360 g/mol. The summed E-state index contributed by atoms with van der Waals surface area (Å²) in [6, 6.07) is 25.9. The maximum Gasteiger partial charge on any atom is 0.195 e. The van der Waals surface area contributed by atoms with Gasteiger partial charge in [-0.3, -0.25) is 4.79 Å². The van der Waals surface area contributed by atoms with E-state index in [1.807, 2.05) is 66.7 Å². The van der Waals surface area contributed by atoms with Gasteiger partial charge >= 0.3 is 0 Å². The summed E-state index contributed by atoms with van der Waals surface area (Å²) < 4.78 is 0. The predicted octanol–water partition coefficient (Wildman–Crippen LogP) is 6.95. The molecule has 0 aliphatic heterocycles. The first-order valence-corrected chi connectivity index (χ1v) is 9.56. The molecule has 3 heteroatoms. The first kappa shape index (κ1) is 15.6. The lowest BCUT2D eigenvalue weighted by molar-refractivity contribution is 0.104. The number of fused-ring (bicyclic) bond motifs is 3. The summed E-state index contributed by atoms with van der Waals surface area (Å²) in [6.07, 6.45) is 0. The molecule has 0 fully saturated rings. The van der Waals surface area contributed by atoms with Gasteiger partial charge in [-0.05, 0) is 28.8 Å². The zero-order valence-electron chi connectivity index (χ0n) is 13.7. The number of hydrogen-bond acceptors (Lipinski definition) is 2. The lowest BCUT2D eigenvalue weighted by Crippen LogP contribution is -1.95. The van der Waals surface area contributed by atoms with Crippen LogP contribution in [0.3, 0.4) is 0 Å². The third-order valence-electron chi connectivity index (χ3n) is 4.72. The van der Waals surface area contributed by atoms with Gasteiger partial charge in [0.2, 0.25) is 0 Å². The van der Waals surface area contributed by atoms with Gasteiger partial charge < -0.3 is 0 Å². The molecule has 0 bridgehead atoms. The van der Waals surface area contributed by atoms with E-state index in [1.165, 1.54) is 0 Å². The standard InChI is InChI=1S/C23H13ClOS/c24-16-12-10-15(11-13-16)22-19-17-8-4-5-9-18(17)21(25)20(19)23(26-22)14-6-2-1-3-7-14/h1-13H. The minimum Gasteiger partial charge on any atom is -0.289 e. The molecule has 0 spiro atoms. The van der Waals surface area contributed by atoms with Crippen molar-refractivity contribution in [3.63, 3.8) is 0 Å². The third-order valence-corrected chi connectivity index (χ3v) is 6.26. The smallest absolute Gasteiger partial charge is 0.195 e. The highest BCUT2D eigenvalue weighted by atomic mass is 35.5. The van der Waals surface area contributed by atoms with E-state index < -0.39 is 0 Å². The van der Waals surface area contributed by atoms with Crippen molar-refractivity contribution in [2.75, 3.05) is 0 Å². The molecule has 0 amide bonds. The van der Waals surface area contributed by atoms with E-state index in [9.17, 15) is 4.79 Å². The minimum atomic E-state index is 0.117. The zero-order valence-corrected chi connectivity index (χ0v) is 15.3. The monoisotopic (exact) mass is 372 g/mol. The number of rotatable bonds is 2. The molecule has 0 saturated carbocycles. The molecule has 0 atom stereocenters. The maximum atomic E-state index is 13.2. The molecule has 0 radical (unpaired) electrons. The summed E-state index contributed by atoms with van der Waals surface area (Å²) in [5.74, 6) is 0.117. The Labute approximate surface area is 160 Å². The van der Waals surface area contributed by atoms with E-state index in [0.29, 0.717) is 5.02 Å². The van der Waals surface area contributed by atoms with Gasteiger partial charge in [-0.15, -0.1) is 11.3 Å². The van der Waals surface area contributed by atoms with Gasteiger partial charge in [-0.1, -0.05) is 78.3 Å². The normalized spacial score (nSPS) is 12.1. The van der Waals surface area contributed by atoms with E-state index in [-0.39, 0.29) is 5.78 Å². The fourth-order valence-electron chi connectivity index (χ4n) is 3.54. The Bertz CT molecular complexity index is 1140. The van der Waals surface area contributed by atoms with E-state index in [0.717, 1.165) is 43.1 Å². The maximum absolute atomic E-state index is 13.2. The van der Waals surface area contributed by atoms with Crippen molar-refractivity contribution in [1.29, 1.82) is 0 Å². The summed E-state index contributed by atoms with van der Waals surface area (Å²) in [7, 11) is 0. The van der Waals surface area contributed by atoms with Gasteiger partial charge in [0.15, 0.2) is 5.78 Å². The quantitative estimate of drug-likeness (QED) is 0.327. The molecule has 1 aliphatic rings. The zero-order chi connectivity index (χ0) is 17.7. The van der Waals surface area contributed by atoms with Gasteiger partial charge in [0.05, 0.1) is 0 Å². The third kappa shape index (κ3) is 2.27. The van der Waals surface area contributed by atoms with Crippen LogP contribution in [-0.4, -0.2) is 5.78 Å². The predicted molar refractivity (Wildman–Crippen MR) is 109 cm³/mol. The molecule has 124 valence electrons. The van der Waals surface area contributed by atoms with Crippen LogP contribution in [-0.2, 0) is 0 Å². The average molecular weight is 373 g/mol. The highest BCUT2D eigenvalue weighted by Gasteiger charge is 2.34. The Morgan fingerprint density at radius 2 is 1.19 bits per heavy atom. The number of hydrogen-bond donors (Lipinski definition) is 0. The molecule has 0 unspecified atom stereocenters. The fourth-order valence-corrected chi connectivity index (χ4v) is 4.98. The molecule has 1 aromatic heterocycles.